The minimum Gasteiger partial charge on any atom is -0.390 e. The lowest BCUT2D eigenvalue weighted by molar-refractivity contribution is 0.0178. The van der Waals surface area contributed by atoms with Gasteiger partial charge in [0.1, 0.15) is 12.1 Å². The third kappa shape index (κ3) is 1.42. The highest BCUT2D eigenvalue weighted by Gasteiger charge is 2.36. The summed E-state index contributed by atoms with van der Waals surface area (Å²) in [5.74, 6) is 0.577. The van der Waals surface area contributed by atoms with E-state index in [4.69, 9.17) is 0 Å². The largest absolute Gasteiger partial charge is 0.390 e. The van der Waals surface area contributed by atoms with Crippen molar-refractivity contribution in [1.29, 1.82) is 0 Å². The summed E-state index contributed by atoms with van der Waals surface area (Å²) in [6.45, 7) is 1.74. The van der Waals surface area contributed by atoms with E-state index in [1.807, 2.05) is 0 Å². The second kappa shape index (κ2) is 3.04. The molecule has 2 rings (SSSR count). The maximum absolute atomic E-state index is 9.54. The van der Waals surface area contributed by atoms with E-state index < -0.39 is 12.2 Å². The Balaban J connectivity index is 2.18. The smallest absolute Gasteiger partial charge is 0.171 e. The molecular weight excluding hydrogens is 172 g/mol. The van der Waals surface area contributed by atoms with E-state index in [9.17, 15) is 10.2 Å². The molecule has 2 N–H and O–H groups in total. The minimum absolute atomic E-state index is 0.226. The van der Waals surface area contributed by atoms with E-state index in [1.54, 1.807) is 6.92 Å². The Morgan fingerprint density at radius 2 is 2.15 bits per heavy atom. The van der Waals surface area contributed by atoms with Crippen molar-refractivity contribution in [2.75, 3.05) is 0 Å². The molecule has 0 spiro atoms. The summed E-state index contributed by atoms with van der Waals surface area (Å²) >= 11 is 0. The van der Waals surface area contributed by atoms with Crippen LogP contribution in [-0.2, 0) is 0 Å². The lowest BCUT2D eigenvalue weighted by Crippen LogP contribution is -2.28. The molecule has 6 nitrogen and oxygen atoms in total. The van der Waals surface area contributed by atoms with E-state index in [0.717, 1.165) is 0 Å². The average molecular weight is 184 g/mol. The number of hydrogen-bond donors (Lipinski definition) is 2. The van der Waals surface area contributed by atoms with E-state index in [-0.39, 0.29) is 6.04 Å². The highest BCUT2D eigenvalue weighted by atomic mass is 16.3. The number of aryl methyl sites for hydroxylation is 1. The molecule has 6 heteroatoms. The summed E-state index contributed by atoms with van der Waals surface area (Å²) in [5.41, 5.74) is 0. The van der Waals surface area contributed by atoms with Gasteiger partial charge in [-0.1, -0.05) is 0 Å². The molecule has 0 aromatic carbocycles. The van der Waals surface area contributed by atoms with E-state index in [1.165, 1.54) is 4.80 Å². The van der Waals surface area contributed by atoms with Gasteiger partial charge in [-0.15, -0.1) is 10.2 Å². The number of nitrogens with zero attached hydrogens (tertiary/aromatic N) is 4. The summed E-state index contributed by atoms with van der Waals surface area (Å²) in [6.07, 6.45) is -0.144. The zero-order valence-corrected chi connectivity index (χ0v) is 7.33. The zero-order valence-electron chi connectivity index (χ0n) is 7.33. The van der Waals surface area contributed by atoms with E-state index >= 15 is 0 Å². The Hall–Kier alpha value is -1.01. The highest BCUT2D eigenvalue weighted by Crippen LogP contribution is 2.28. The van der Waals surface area contributed by atoms with Gasteiger partial charge in [0.2, 0.25) is 0 Å². The van der Waals surface area contributed by atoms with Crippen molar-refractivity contribution < 1.29 is 10.2 Å². The van der Waals surface area contributed by atoms with Gasteiger partial charge in [-0.05, 0) is 25.0 Å². The number of rotatable bonds is 1. The van der Waals surface area contributed by atoms with Crippen molar-refractivity contribution in [3.05, 3.63) is 5.82 Å². The Morgan fingerprint density at radius 3 is 2.62 bits per heavy atom. The molecule has 1 aromatic rings. The van der Waals surface area contributed by atoms with Crippen LogP contribution in [0.4, 0.5) is 0 Å². The predicted molar refractivity (Wildman–Crippen MR) is 42.8 cm³/mol. The third-order valence-corrected chi connectivity index (χ3v) is 2.37. The maximum Gasteiger partial charge on any atom is 0.171 e. The van der Waals surface area contributed by atoms with Crippen LogP contribution in [0.1, 0.15) is 24.7 Å². The fraction of sp³-hybridized carbons (Fsp3) is 0.857. The van der Waals surface area contributed by atoms with Crippen LogP contribution in [0.5, 0.6) is 0 Å². The molecule has 1 aromatic heterocycles. The summed E-state index contributed by atoms with van der Waals surface area (Å²) in [4.78, 5) is 1.39. The van der Waals surface area contributed by atoms with Gasteiger partial charge < -0.3 is 10.2 Å². The van der Waals surface area contributed by atoms with Crippen molar-refractivity contribution in [1.82, 2.24) is 20.2 Å². The average Bonchev–Trinajstić information content (AvgIpc) is 2.62. The zero-order chi connectivity index (χ0) is 9.42. The maximum atomic E-state index is 9.54. The molecule has 0 aliphatic heterocycles. The molecule has 72 valence electrons. The van der Waals surface area contributed by atoms with Gasteiger partial charge in [0.05, 0.1) is 6.10 Å². The molecular formula is C7H12N4O2. The normalized spacial score (nSPS) is 33.9. The number of aliphatic hydroxyl groups is 2. The van der Waals surface area contributed by atoms with Gasteiger partial charge in [0, 0.05) is 0 Å². The first-order valence-electron chi connectivity index (χ1n) is 4.30. The van der Waals surface area contributed by atoms with Crippen molar-refractivity contribution in [3.63, 3.8) is 0 Å². The highest BCUT2D eigenvalue weighted by molar-refractivity contribution is 4.86. The van der Waals surface area contributed by atoms with Crippen LogP contribution in [0.15, 0.2) is 0 Å². The minimum atomic E-state index is -0.770. The topological polar surface area (TPSA) is 84.1 Å². The second-order valence-corrected chi connectivity index (χ2v) is 3.36. The van der Waals surface area contributed by atoms with Crippen molar-refractivity contribution in [2.24, 2.45) is 0 Å². The summed E-state index contributed by atoms with van der Waals surface area (Å²) in [6, 6.07) is -0.226. The van der Waals surface area contributed by atoms with Crippen LogP contribution < -0.4 is 0 Å². The van der Waals surface area contributed by atoms with Crippen molar-refractivity contribution in [2.45, 2.75) is 38.0 Å². The first-order valence-corrected chi connectivity index (χ1v) is 4.30. The molecule has 0 bridgehead atoms. The van der Waals surface area contributed by atoms with Crippen molar-refractivity contribution >= 4 is 0 Å². The summed E-state index contributed by atoms with van der Waals surface area (Å²) in [5, 5.41) is 30.3. The lowest BCUT2D eigenvalue weighted by Gasteiger charge is -2.14. The molecule has 3 atom stereocenters. The quantitative estimate of drug-likeness (QED) is 0.587. The monoisotopic (exact) mass is 184 g/mol. The van der Waals surface area contributed by atoms with Crippen molar-refractivity contribution in [3.8, 4) is 0 Å². The number of aromatic nitrogens is 4. The van der Waals surface area contributed by atoms with Gasteiger partial charge in [-0.2, -0.15) is 4.80 Å². The van der Waals surface area contributed by atoms with Crippen LogP contribution in [-0.4, -0.2) is 42.6 Å². The Morgan fingerprint density at radius 1 is 1.38 bits per heavy atom. The van der Waals surface area contributed by atoms with Gasteiger partial charge in [0.25, 0.3) is 0 Å². The van der Waals surface area contributed by atoms with Gasteiger partial charge in [-0.25, -0.2) is 0 Å². The molecule has 1 fully saturated rings. The molecule has 1 saturated carbocycles. The van der Waals surface area contributed by atoms with Crippen LogP contribution in [0.2, 0.25) is 0 Å². The van der Waals surface area contributed by atoms with Crippen LogP contribution in [0.25, 0.3) is 0 Å². The Labute approximate surface area is 75.2 Å². The SMILES string of the molecule is Cc1nnn(C2CCC(O)C2O)n1. The standard InChI is InChI=1S/C7H12N4O2/c1-4-8-10-11(9-4)5-2-3-6(12)7(5)13/h5-7,12-13H,2-3H2,1H3. The molecule has 1 aliphatic rings. The first-order chi connectivity index (χ1) is 6.18. The fourth-order valence-electron chi connectivity index (χ4n) is 1.63. The number of hydrogen-bond acceptors (Lipinski definition) is 5. The van der Waals surface area contributed by atoms with Gasteiger partial charge in [-0.3, -0.25) is 0 Å². The van der Waals surface area contributed by atoms with E-state index in [0.29, 0.717) is 18.7 Å². The molecule has 0 radical (unpaired) electrons. The molecule has 1 heterocycles. The fourth-order valence-corrected chi connectivity index (χ4v) is 1.63. The Bertz CT molecular complexity index is 300. The second-order valence-electron chi connectivity index (χ2n) is 3.36. The molecule has 0 saturated heterocycles. The number of aliphatic hydroxyl groups excluding tert-OH is 2. The van der Waals surface area contributed by atoms with Crippen LogP contribution in [0.3, 0.4) is 0 Å². The summed E-state index contributed by atoms with van der Waals surface area (Å²) < 4.78 is 0. The van der Waals surface area contributed by atoms with Crippen LogP contribution >= 0.6 is 0 Å². The van der Waals surface area contributed by atoms with Gasteiger partial charge >= 0.3 is 0 Å². The van der Waals surface area contributed by atoms with Crippen LogP contribution in [0, 0.1) is 6.92 Å². The summed E-state index contributed by atoms with van der Waals surface area (Å²) in [7, 11) is 0. The lowest BCUT2D eigenvalue weighted by atomic mass is 10.2. The molecule has 3 unspecified atom stereocenters. The van der Waals surface area contributed by atoms with Gasteiger partial charge in [0.15, 0.2) is 5.82 Å². The molecule has 13 heavy (non-hydrogen) atoms. The first kappa shape index (κ1) is 8.58. The predicted octanol–water partition coefficient (Wildman–Crippen LogP) is -0.962. The number of tetrazole rings is 1. The molecule has 1 aliphatic carbocycles. The molecule has 0 amide bonds. The van der Waals surface area contributed by atoms with E-state index in [2.05, 4.69) is 15.4 Å². The third-order valence-electron chi connectivity index (χ3n) is 2.37. The Kier molecular flexibility index (Phi) is 2.01.